The van der Waals surface area contributed by atoms with Crippen molar-refractivity contribution in [1.29, 1.82) is 0 Å². The van der Waals surface area contributed by atoms with Crippen molar-refractivity contribution in [1.82, 2.24) is 24.1 Å². The molecule has 170 valence electrons. The third-order valence-electron chi connectivity index (χ3n) is 6.10. The minimum absolute atomic E-state index is 0.0170. The van der Waals surface area contributed by atoms with Crippen LogP contribution >= 0.6 is 11.6 Å². The van der Waals surface area contributed by atoms with E-state index in [0.717, 1.165) is 11.3 Å². The molecule has 33 heavy (non-hydrogen) atoms. The van der Waals surface area contributed by atoms with Gasteiger partial charge < -0.3 is 4.90 Å². The summed E-state index contributed by atoms with van der Waals surface area (Å²) in [7, 11) is 0. The molecule has 10 nitrogen and oxygen atoms in total. The van der Waals surface area contributed by atoms with Gasteiger partial charge in [0.05, 0.1) is 22.4 Å². The molecule has 1 aliphatic heterocycles. The summed E-state index contributed by atoms with van der Waals surface area (Å²) < 4.78 is 3.59. The fourth-order valence-electron chi connectivity index (χ4n) is 4.46. The Morgan fingerprint density at radius 1 is 1.09 bits per heavy atom. The van der Waals surface area contributed by atoms with Gasteiger partial charge in [-0.05, 0) is 31.2 Å². The largest absolute Gasteiger partial charge is 0.363 e. The summed E-state index contributed by atoms with van der Waals surface area (Å²) in [6, 6.07) is 12.3. The van der Waals surface area contributed by atoms with Gasteiger partial charge in [-0.1, -0.05) is 23.7 Å². The maximum Gasteiger partial charge on any atom is 0.294 e. The van der Waals surface area contributed by atoms with Crippen molar-refractivity contribution in [2.75, 3.05) is 31.1 Å². The van der Waals surface area contributed by atoms with Crippen LogP contribution in [0.4, 0.5) is 11.4 Å². The van der Waals surface area contributed by atoms with Crippen molar-refractivity contribution in [2.24, 2.45) is 0 Å². The molecule has 0 atom stereocenters. The molecule has 1 aliphatic rings. The number of hydrogen-bond donors (Lipinski definition) is 0. The summed E-state index contributed by atoms with van der Waals surface area (Å²) in [6.07, 6.45) is 0. The summed E-state index contributed by atoms with van der Waals surface area (Å²) in [4.78, 5) is 28.2. The number of nitro benzene ring substituents is 1. The monoisotopic (exact) mass is 467 g/mol. The fourth-order valence-corrected chi connectivity index (χ4v) is 4.63. The quantitative estimate of drug-likeness (QED) is 0.328. The first-order valence-electron chi connectivity index (χ1n) is 10.7. The van der Waals surface area contributed by atoms with E-state index < -0.39 is 4.92 Å². The van der Waals surface area contributed by atoms with Gasteiger partial charge in [-0.25, -0.2) is 0 Å². The Morgan fingerprint density at radius 3 is 2.58 bits per heavy atom. The number of rotatable bonds is 5. The highest BCUT2D eigenvalue weighted by Gasteiger charge is 2.25. The maximum absolute atomic E-state index is 12.8. The van der Waals surface area contributed by atoms with Crippen LogP contribution in [0.25, 0.3) is 16.7 Å². The Balaban J connectivity index is 1.41. The van der Waals surface area contributed by atoms with Gasteiger partial charge in [-0.3, -0.25) is 28.8 Å². The van der Waals surface area contributed by atoms with E-state index in [1.807, 2.05) is 40.5 Å². The number of nitro groups is 1. The molecule has 1 saturated heterocycles. The molecule has 0 amide bonds. The topological polar surface area (TPSA) is 102 Å². The van der Waals surface area contributed by atoms with Crippen molar-refractivity contribution in [3.63, 3.8) is 0 Å². The number of benzene rings is 2. The summed E-state index contributed by atoms with van der Waals surface area (Å²) in [5, 5.41) is 21.2. The van der Waals surface area contributed by atoms with Crippen LogP contribution in [0.2, 0.25) is 5.02 Å². The standard InChI is InChI=1S/C22H22ClN7O3/c1-2-28-21(31)16-5-3-4-6-17(16)29-20(24-25-22(28)29)14-26-9-11-27(12-10-26)18-8-7-15(23)13-19(18)30(32)33/h3-8,13H,2,9-12,14H2,1H3. The van der Waals surface area contributed by atoms with Crippen LogP contribution in [0, 0.1) is 10.1 Å². The lowest BCUT2D eigenvalue weighted by atomic mass is 10.2. The molecule has 0 aliphatic carbocycles. The van der Waals surface area contributed by atoms with E-state index in [0.29, 0.717) is 61.1 Å². The molecule has 2 aromatic carbocycles. The molecule has 0 radical (unpaired) electrons. The smallest absolute Gasteiger partial charge is 0.294 e. The van der Waals surface area contributed by atoms with Crippen LogP contribution in [-0.2, 0) is 13.1 Å². The number of aromatic nitrogens is 4. The molecule has 0 N–H and O–H groups in total. The molecule has 4 aromatic rings. The molecule has 1 fully saturated rings. The van der Waals surface area contributed by atoms with Gasteiger partial charge in [-0.2, -0.15) is 0 Å². The van der Waals surface area contributed by atoms with Gasteiger partial charge in [-0.15, -0.1) is 10.2 Å². The SMILES string of the molecule is CCn1c(=O)c2ccccc2n2c(CN3CCN(c4ccc(Cl)cc4[N+](=O)[O-])CC3)nnc12. The molecule has 3 heterocycles. The zero-order chi connectivity index (χ0) is 23.1. The van der Waals surface area contributed by atoms with Gasteiger partial charge in [0.25, 0.3) is 11.2 Å². The number of piperazine rings is 1. The normalized spacial score (nSPS) is 14.9. The molecule has 2 aromatic heterocycles. The number of nitrogens with zero attached hydrogens (tertiary/aromatic N) is 7. The minimum atomic E-state index is -0.395. The highest BCUT2D eigenvalue weighted by molar-refractivity contribution is 6.30. The van der Waals surface area contributed by atoms with Crippen LogP contribution in [0.3, 0.4) is 0 Å². The zero-order valence-corrected chi connectivity index (χ0v) is 18.8. The lowest BCUT2D eigenvalue weighted by Crippen LogP contribution is -2.46. The fraction of sp³-hybridized carbons (Fsp3) is 0.318. The molecule has 0 unspecified atom stereocenters. The molecule has 5 rings (SSSR count). The number of halogens is 1. The van der Waals surface area contributed by atoms with E-state index in [9.17, 15) is 14.9 Å². The summed E-state index contributed by atoms with van der Waals surface area (Å²) in [5.41, 5.74) is 1.31. The molecule has 11 heteroatoms. The first kappa shape index (κ1) is 21.4. The highest BCUT2D eigenvalue weighted by Crippen LogP contribution is 2.31. The van der Waals surface area contributed by atoms with Crippen LogP contribution in [0.5, 0.6) is 0 Å². The highest BCUT2D eigenvalue weighted by atomic mass is 35.5. The average Bonchev–Trinajstić information content (AvgIpc) is 3.23. The van der Waals surface area contributed by atoms with E-state index in [4.69, 9.17) is 11.6 Å². The number of fused-ring (bicyclic) bond motifs is 3. The molecule has 0 bridgehead atoms. The second kappa shape index (κ2) is 8.45. The number of hydrogen-bond acceptors (Lipinski definition) is 7. The van der Waals surface area contributed by atoms with E-state index in [1.165, 1.54) is 6.07 Å². The van der Waals surface area contributed by atoms with Gasteiger partial charge in [0.2, 0.25) is 5.78 Å². The molecule has 0 saturated carbocycles. The van der Waals surface area contributed by atoms with Gasteiger partial charge in [0.1, 0.15) is 5.69 Å². The van der Waals surface area contributed by atoms with E-state index in [-0.39, 0.29) is 11.2 Å². The van der Waals surface area contributed by atoms with Gasteiger partial charge in [0, 0.05) is 43.8 Å². The maximum atomic E-state index is 12.8. The minimum Gasteiger partial charge on any atom is -0.363 e. The number of para-hydroxylation sites is 1. The Kier molecular flexibility index (Phi) is 5.47. The Hall–Kier alpha value is -3.50. The summed E-state index contributed by atoms with van der Waals surface area (Å²) in [5.74, 6) is 1.29. The van der Waals surface area contributed by atoms with Crippen molar-refractivity contribution < 1.29 is 4.92 Å². The van der Waals surface area contributed by atoms with Crippen LogP contribution in [-0.4, -0.2) is 55.2 Å². The second-order valence-electron chi connectivity index (χ2n) is 7.97. The lowest BCUT2D eigenvalue weighted by Gasteiger charge is -2.35. The number of aryl methyl sites for hydroxylation is 1. The van der Waals surface area contributed by atoms with E-state index >= 15 is 0 Å². The van der Waals surface area contributed by atoms with E-state index in [2.05, 4.69) is 15.1 Å². The van der Waals surface area contributed by atoms with Gasteiger partial charge in [0.15, 0.2) is 5.82 Å². The number of anilines is 1. The van der Waals surface area contributed by atoms with Crippen molar-refractivity contribution in [2.45, 2.75) is 20.0 Å². The predicted octanol–water partition coefficient (Wildman–Crippen LogP) is 2.95. The van der Waals surface area contributed by atoms with Crippen LogP contribution in [0.15, 0.2) is 47.3 Å². The van der Waals surface area contributed by atoms with Crippen molar-refractivity contribution >= 4 is 39.7 Å². The van der Waals surface area contributed by atoms with Crippen LogP contribution < -0.4 is 10.5 Å². The van der Waals surface area contributed by atoms with Gasteiger partial charge >= 0.3 is 0 Å². The zero-order valence-electron chi connectivity index (χ0n) is 18.0. The molecular weight excluding hydrogens is 446 g/mol. The first-order valence-corrected chi connectivity index (χ1v) is 11.1. The Morgan fingerprint density at radius 2 is 1.85 bits per heavy atom. The average molecular weight is 468 g/mol. The third-order valence-corrected chi connectivity index (χ3v) is 6.34. The van der Waals surface area contributed by atoms with Crippen molar-refractivity contribution in [3.8, 4) is 0 Å². The second-order valence-corrected chi connectivity index (χ2v) is 8.41. The van der Waals surface area contributed by atoms with Crippen LogP contribution in [0.1, 0.15) is 12.7 Å². The summed E-state index contributed by atoms with van der Waals surface area (Å²) in [6.45, 7) is 5.67. The molecular formula is C22H22ClN7O3. The molecule has 0 spiro atoms. The third kappa shape index (κ3) is 3.70. The first-order chi connectivity index (χ1) is 16.0. The lowest BCUT2D eigenvalue weighted by molar-refractivity contribution is -0.384. The Labute approximate surface area is 193 Å². The predicted molar refractivity (Wildman–Crippen MR) is 126 cm³/mol. The van der Waals surface area contributed by atoms with Crippen molar-refractivity contribution in [3.05, 3.63) is 73.8 Å². The van der Waals surface area contributed by atoms with E-state index in [1.54, 1.807) is 16.7 Å². The summed E-state index contributed by atoms with van der Waals surface area (Å²) >= 11 is 5.96. The Bertz CT molecular complexity index is 1420.